The van der Waals surface area contributed by atoms with Crippen LogP contribution < -0.4 is 10.6 Å². The highest BCUT2D eigenvalue weighted by Gasteiger charge is 2.08. The molecule has 0 aliphatic carbocycles. The van der Waals surface area contributed by atoms with Crippen molar-refractivity contribution < 1.29 is 9.15 Å². The van der Waals surface area contributed by atoms with Gasteiger partial charge in [0.25, 0.3) is 0 Å². The first kappa shape index (κ1) is 15.5. The van der Waals surface area contributed by atoms with E-state index in [1.165, 1.54) is 0 Å². The second-order valence-corrected chi connectivity index (χ2v) is 5.52. The lowest BCUT2D eigenvalue weighted by molar-refractivity contribution is 0.198. The molecule has 2 rings (SSSR count). The molecule has 1 aromatic heterocycles. The number of nitrogens with zero attached hydrogens (tertiary/aromatic N) is 2. The molecule has 2 aromatic rings. The van der Waals surface area contributed by atoms with Crippen molar-refractivity contribution in [2.75, 3.05) is 25.6 Å². The van der Waals surface area contributed by atoms with Crippen molar-refractivity contribution >= 4 is 45.9 Å². The molecule has 6 nitrogen and oxygen atoms in total. The van der Waals surface area contributed by atoms with Crippen LogP contribution in [0.25, 0.3) is 0 Å². The summed E-state index contributed by atoms with van der Waals surface area (Å²) >= 11 is 8.09. The summed E-state index contributed by atoms with van der Waals surface area (Å²) in [6.45, 7) is 1.88. The van der Waals surface area contributed by atoms with E-state index in [2.05, 4.69) is 43.4 Å². The smallest absolute Gasteiger partial charge is 0.320 e. The number of rotatable bonds is 7. The molecule has 0 unspecified atom stereocenters. The Morgan fingerprint density at radius 1 is 1.40 bits per heavy atom. The molecule has 0 aliphatic rings. The Hall–Kier alpha value is -0.900. The molecule has 0 saturated carbocycles. The molecule has 1 aromatic carbocycles. The van der Waals surface area contributed by atoms with Gasteiger partial charge in [0.2, 0.25) is 5.89 Å². The minimum atomic E-state index is 0.355. The Morgan fingerprint density at radius 3 is 3.00 bits per heavy atom. The maximum Gasteiger partial charge on any atom is 0.320 e. The van der Waals surface area contributed by atoms with Crippen LogP contribution in [0.4, 0.5) is 11.7 Å². The highest BCUT2D eigenvalue weighted by molar-refractivity contribution is 14.1. The van der Waals surface area contributed by atoms with Crippen LogP contribution >= 0.6 is 34.2 Å². The van der Waals surface area contributed by atoms with E-state index in [0.717, 1.165) is 15.8 Å². The standard InChI is InChI=1S/C12H14ClIN4O2/c1-19-5-4-15-7-11-17-18-12(20-11)16-10-3-2-8(13)6-9(10)14/h2-3,6,15H,4-5,7H2,1H3,(H,16,18). The van der Waals surface area contributed by atoms with Gasteiger partial charge < -0.3 is 19.8 Å². The van der Waals surface area contributed by atoms with Gasteiger partial charge in [-0.3, -0.25) is 0 Å². The van der Waals surface area contributed by atoms with Crippen LogP contribution in [0.3, 0.4) is 0 Å². The van der Waals surface area contributed by atoms with E-state index >= 15 is 0 Å². The van der Waals surface area contributed by atoms with E-state index < -0.39 is 0 Å². The number of hydrogen-bond acceptors (Lipinski definition) is 6. The first-order valence-corrected chi connectivity index (χ1v) is 7.39. The SMILES string of the molecule is COCCNCc1nnc(Nc2ccc(Cl)cc2I)o1. The molecule has 0 aliphatic heterocycles. The van der Waals surface area contributed by atoms with Gasteiger partial charge in [-0.15, -0.1) is 5.10 Å². The van der Waals surface area contributed by atoms with Gasteiger partial charge in [0, 0.05) is 22.2 Å². The summed E-state index contributed by atoms with van der Waals surface area (Å²) in [6.07, 6.45) is 0. The zero-order chi connectivity index (χ0) is 14.4. The van der Waals surface area contributed by atoms with Crippen LogP contribution in [-0.4, -0.2) is 30.5 Å². The molecule has 0 saturated heterocycles. The molecule has 0 atom stereocenters. The van der Waals surface area contributed by atoms with Crippen LogP contribution in [0.1, 0.15) is 5.89 Å². The maximum atomic E-state index is 5.90. The zero-order valence-electron chi connectivity index (χ0n) is 10.8. The monoisotopic (exact) mass is 408 g/mol. The van der Waals surface area contributed by atoms with E-state index in [-0.39, 0.29) is 0 Å². The number of nitrogens with one attached hydrogen (secondary N) is 2. The molecule has 2 N–H and O–H groups in total. The van der Waals surface area contributed by atoms with Gasteiger partial charge in [0.05, 0.1) is 18.8 Å². The minimum absolute atomic E-state index is 0.355. The third-order valence-corrected chi connectivity index (χ3v) is 3.53. The van der Waals surface area contributed by atoms with Crippen molar-refractivity contribution in [3.63, 3.8) is 0 Å². The molecule has 0 fully saturated rings. The van der Waals surface area contributed by atoms with Crippen LogP contribution in [0, 0.1) is 3.57 Å². The number of methoxy groups -OCH3 is 1. The number of halogens is 2. The fraction of sp³-hybridized carbons (Fsp3) is 0.333. The summed E-state index contributed by atoms with van der Waals surface area (Å²) in [5.74, 6) is 0.521. The van der Waals surface area contributed by atoms with Crippen LogP contribution in [0.2, 0.25) is 5.02 Å². The van der Waals surface area contributed by atoms with Gasteiger partial charge in [-0.2, -0.15) is 0 Å². The van der Waals surface area contributed by atoms with E-state index in [9.17, 15) is 0 Å². The molecule has 0 radical (unpaired) electrons. The van der Waals surface area contributed by atoms with E-state index in [1.54, 1.807) is 13.2 Å². The third-order valence-electron chi connectivity index (χ3n) is 2.40. The fourth-order valence-electron chi connectivity index (χ4n) is 1.45. The molecule has 20 heavy (non-hydrogen) atoms. The number of benzene rings is 1. The second kappa shape index (κ2) is 7.77. The quantitative estimate of drug-likeness (QED) is 0.542. The Labute approximate surface area is 135 Å². The topological polar surface area (TPSA) is 72.2 Å². The van der Waals surface area contributed by atoms with Gasteiger partial charge in [0.1, 0.15) is 0 Å². The molecular weight excluding hydrogens is 395 g/mol. The van der Waals surface area contributed by atoms with Gasteiger partial charge >= 0.3 is 6.01 Å². The number of aromatic nitrogens is 2. The Balaban J connectivity index is 1.92. The highest BCUT2D eigenvalue weighted by Crippen LogP contribution is 2.24. The van der Waals surface area contributed by atoms with E-state index in [0.29, 0.717) is 30.1 Å². The molecule has 0 bridgehead atoms. The van der Waals surface area contributed by atoms with E-state index in [1.807, 2.05) is 12.1 Å². The number of anilines is 2. The Bertz CT molecular complexity index is 564. The summed E-state index contributed by atoms with van der Waals surface area (Å²) in [7, 11) is 1.66. The third kappa shape index (κ3) is 4.58. The molecular formula is C12H14ClIN4O2. The Morgan fingerprint density at radius 2 is 2.25 bits per heavy atom. The van der Waals surface area contributed by atoms with Crippen LogP contribution in [-0.2, 0) is 11.3 Å². The molecule has 0 spiro atoms. The predicted molar refractivity (Wildman–Crippen MR) is 85.3 cm³/mol. The van der Waals surface area contributed by atoms with Crippen molar-refractivity contribution in [2.24, 2.45) is 0 Å². The van der Waals surface area contributed by atoms with Crippen molar-refractivity contribution in [1.29, 1.82) is 0 Å². The first-order valence-electron chi connectivity index (χ1n) is 5.93. The molecule has 108 valence electrons. The summed E-state index contributed by atoms with van der Waals surface area (Å²) in [4.78, 5) is 0. The number of ether oxygens (including phenoxy) is 1. The maximum absolute atomic E-state index is 5.90. The van der Waals surface area contributed by atoms with E-state index in [4.69, 9.17) is 20.8 Å². The average Bonchev–Trinajstić information content (AvgIpc) is 2.86. The lowest BCUT2D eigenvalue weighted by Gasteiger charge is -2.04. The predicted octanol–water partition coefficient (Wildman–Crippen LogP) is 2.81. The molecule has 1 heterocycles. The largest absolute Gasteiger partial charge is 0.406 e. The van der Waals surface area contributed by atoms with Crippen molar-refractivity contribution in [3.8, 4) is 0 Å². The summed E-state index contributed by atoms with van der Waals surface area (Å²) < 4.78 is 11.4. The first-order chi connectivity index (χ1) is 9.69. The molecule has 0 amide bonds. The fourth-order valence-corrected chi connectivity index (χ4v) is 2.46. The Kier molecular flexibility index (Phi) is 6.02. The summed E-state index contributed by atoms with van der Waals surface area (Å²) in [6, 6.07) is 5.88. The van der Waals surface area contributed by atoms with Gasteiger partial charge in [-0.25, -0.2) is 0 Å². The highest BCUT2D eigenvalue weighted by atomic mass is 127. The van der Waals surface area contributed by atoms with Crippen LogP contribution in [0.5, 0.6) is 0 Å². The van der Waals surface area contributed by atoms with Gasteiger partial charge in [-0.05, 0) is 40.8 Å². The van der Waals surface area contributed by atoms with Crippen LogP contribution in [0.15, 0.2) is 22.6 Å². The summed E-state index contributed by atoms with van der Waals surface area (Å²) in [5.41, 5.74) is 0.873. The molecule has 8 heteroatoms. The lowest BCUT2D eigenvalue weighted by atomic mass is 10.3. The lowest BCUT2D eigenvalue weighted by Crippen LogP contribution is -2.18. The second-order valence-electron chi connectivity index (χ2n) is 3.92. The van der Waals surface area contributed by atoms with Crippen molar-refractivity contribution in [1.82, 2.24) is 15.5 Å². The number of hydrogen-bond donors (Lipinski definition) is 2. The normalized spacial score (nSPS) is 10.8. The zero-order valence-corrected chi connectivity index (χ0v) is 13.7. The van der Waals surface area contributed by atoms with Gasteiger partial charge in [0.15, 0.2) is 0 Å². The van der Waals surface area contributed by atoms with Crippen molar-refractivity contribution in [2.45, 2.75) is 6.54 Å². The summed E-state index contributed by atoms with van der Waals surface area (Å²) in [5, 5.41) is 14.8. The van der Waals surface area contributed by atoms with Crippen molar-refractivity contribution in [3.05, 3.63) is 32.7 Å². The van der Waals surface area contributed by atoms with Gasteiger partial charge in [-0.1, -0.05) is 16.7 Å². The minimum Gasteiger partial charge on any atom is -0.406 e. The average molecular weight is 409 g/mol.